The quantitative estimate of drug-likeness (QED) is 0.171. The van der Waals surface area contributed by atoms with Crippen molar-refractivity contribution >= 4 is 28.8 Å². The van der Waals surface area contributed by atoms with E-state index in [4.69, 9.17) is 0 Å². The van der Waals surface area contributed by atoms with E-state index in [0.717, 1.165) is 19.3 Å². The summed E-state index contributed by atoms with van der Waals surface area (Å²) in [6.45, 7) is 2.10. The van der Waals surface area contributed by atoms with Gasteiger partial charge in [-0.15, -0.1) is 0 Å². The largest absolute Gasteiger partial charge is 0.317 e. The summed E-state index contributed by atoms with van der Waals surface area (Å²) >= 11 is 0. The van der Waals surface area contributed by atoms with Crippen LogP contribution in [0.25, 0.3) is 39.9 Å². The second-order valence-electron chi connectivity index (χ2n) is 12.8. The molecule has 0 aliphatic heterocycles. The lowest BCUT2D eigenvalue weighted by Crippen LogP contribution is -2.07. The Labute approximate surface area is 278 Å². The van der Waals surface area contributed by atoms with Crippen molar-refractivity contribution in [3.05, 3.63) is 197 Å². The van der Waals surface area contributed by atoms with Gasteiger partial charge in [-0.1, -0.05) is 145 Å². The molecule has 0 saturated carbocycles. The molecule has 8 rings (SSSR count). The van der Waals surface area contributed by atoms with Crippen LogP contribution in [0.5, 0.6) is 0 Å². The van der Waals surface area contributed by atoms with Crippen molar-refractivity contribution < 1.29 is 0 Å². The molecule has 0 radical (unpaired) electrons. The number of allylic oxidation sites excluding steroid dienone is 6. The van der Waals surface area contributed by atoms with Gasteiger partial charge in [0.25, 0.3) is 0 Å². The highest BCUT2D eigenvalue weighted by Crippen LogP contribution is 2.41. The number of nitrogens with zero attached hydrogens (tertiary/aromatic N) is 1. The maximum Gasteiger partial charge on any atom is 0.0531 e. The lowest BCUT2D eigenvalue weighted by molar-refractivity contribution is 0.827. The van der Waals surface area contributed by atoms with Gasteiger partial charge >= 0.3 is 0 Å². The maximum atomic E-state index is 2.42. The Balaban J connectivity index is 1.13. The molecule has 6 aromatic rings. The van der Waals surface area contributed by atoms with Crippen molar-refractivity contribution in [2.45, 2.75) is 38.0 Å². The molecular formula is C46H39N. The number of hydrogen-bond acceptors (Lipinski definition) is 0. The van der Waals surface area contributed by atoms with Crippen molar-refractivity contribution in [1.29, 1.82) is 0 Å². The Hall–Kier alpha value is -5.40. The first kappa shape index (κ1) is 29.0. The summed E-state index contributed by atoms with van der Waals surface area (Å²) in [6.07, 6.45) is 16.9. The van der Waals surface area contributed by atoms with E-state index in [2.05, 4.69) is 182 Å². The molecule has 0 fully saturated rings. The molecule has 2 aliphatic rings. The molecule has 228 valence electrons. The molecular weight excluding hydrogens is 567 g/mol. The van der Waals surface area contributed by atoms with Gasteiger partial charge in [0, 0.05) is 29.1 Å². The lowest BCUT2D eigenvalue weighted by Gasteiger charge is -2.25. The normalized spacial score (nSPS) is 16.0. The van der Waals surface area contributed by atoms with Crippen LogP contribution in [0, 0.1) is 0 Å². The SMILES string of the molecule is C/C=C/n1c2c(c3cc(-c4cccc(C5=CC=C(C(c6ccccc6)c6ccccc6)CC5)c4)ccc31)CC(c1ccccc1)C=C2. The number of aromatic nitrogens is 1. The molecule has 1 nitrogen and oxygen atoms in total. The predicted molar refractivity (Wildman–Crippen MR) is 200 cm³/mol. The minimum Gasteiger partial charge on any atom is -0.317 e. The summed E-state index contributed by atoms with van der Waals surface area (Å²) < 4.78 is 2.36. The molecule has 1 heterocycles. The Morgan fingerprint density at radius 1 is 0.660 bits per heavy atom. The first-order valence-electron chi connectivity index (χ1n) is 16.9. The topological polar surface area (TPSA) is 4.93 Å². The fraction of sp³-hybridized carbons (Fsp3) is 0.130. The van der Waals surface area contributed by atoms with E-state index in [1.807, 2.05) is 0 Å². The maximum absolute atomic E-state index is 2.42. The van der Waals surface area contributed by atoms with E-state index in [-0.39, 0.29) is 5.92 Å². The molecule has 0 saturated heterocycles. The summed E-state index contributed by atoms with van der Waals surface area (Å²) in [5.74, 6) is 0.672. The molecule has 0 N–H and O–H groups in total. The third-order valence-corrected chi connectivity index (χ3v) is 9.97. The van der Waals surface area contributed by atoms with Crippen LogP contribution in [-0.4, -0.2) is 4.57 Å². The van der Waals surface area contributed by atoms with Crippen molar-refractivity contribution in [3.8, 4) is 11.1 Å². The third-order valence-electron chi connectivity index (χ3n) is 9.97. The molecule has 1 aromatic heterocycles. The summed E-state index contributed by atoms with van der Waals surface area (Å²) in [5, 5.41) is 1.35. The number of fused-ring (bicyclic) bond motifs is 3. The highest BCUT2D eigenvalue weighted by Gasteiger charge is 2.24. The first-order chi connectivity index (χ1) is 23.3. The Bertz CT molecular complexity index is 2120. The average molecular weight is 606 g/mol. The fourth-order valence-corrected chi connectivity index (χ4v) is 7.65. The van der Waals surface area contributed by atoms with Gasteiger partial charge in [0.15, 0.2) is 0 Å². The molecule has 47 heavy (non-hydrogen) atoms. The van der Waals surface area contributed by atoms with Gasteiger partial charge in [0.1, 0.15) is 0 Å². The molecule has 1 atom stereocenters. The van der Waals surface area contributed by atoms with Gasteiger partial charge < -0.3 is 4.57 Å². The highest BCUT2D eigenvalue weighted by atomic mass is 15.0. The second kappa shape index (κ2) is 12.8. The van der Waals surface area contributed by atoms with Gasteiger partial charge in [0.2, 0.25) is 0 Å². The van der Waals surface area contributed by atoms with E-state index in [1.165, 1.54) is 66.7 Å². The number of hydrogen-bond donors (Lipinski definition) is 0. The summed E-state index contributed by atoms with van der Waals surface area (Å²) in [4.78, 5) is 0. The van der Waals surface area contributed by atoms with E-state index in [9.17, 15) is 0 Å². The first-order valence-corrected chi connectivity index (χ1v) is 16.9. The smallest absolute Gasteiger partial charge is 0.0531 e. The molecule has 2 aliphatic carbocycles. The van der Waals surface area contributed by atoms with Gasteiger partial charge in [-0.3, -0.25) is 0 Å². The Morgan fingerprint density at radius 2 is 1.34 bits per heavy atom. The molecule has 0 bridgehead atoms. The van der Waals surface area contributed by atoms with Crippen molar-refractivity contribution in [1.82, 2.24) is 4.57 Å². The number of benzene rings is 5. The molecule has 1 unspecified atom stereocenters. The van der Waals surface area contributed by atoms with Gasteiger partial charge in [-0.2, -0.15) is 0 Å². The zero-order valence-corrected chi connectivity index (χ0v) is 26.9. The highest BCUT2D eigenvalue weighted by molar-refractivity contribution is 5.94. The van der Waals surface area contributed by atoms with Crippen LogP contribution in [0.1, 0.15) is 65.1 Å². The van der Waals surface area contributed by atoms with Crippen LogP contribution in [0.4, 0.5) is 0 Å². The zero-order chi connectivity index (χ0) is 31.6. The Morgan fingerprint density at radius 3 is 2.02 bits per heavy atom. The number of rotatable bonds is 7. The molecule has 5 aromatic carbocycles. The van der Waals surface area contributed by atoms with Gasteiger partial charge in [0.05, 0.1) is 5.52 Å². The van der Waals surface area contributed by atoms with Crippen LogP contribution >= 0.6 is 0 Å². The van der Waals surface area contributed by atoms with Crippen molar-refractivity contribution in [2.24, 2.45) is 0 Å². The van der Waals surface area contributed by atoms with Crippen molar-refractivity contribution in [2.75, 3.05) is 0 Å². The van der Waals surface area contributed by atoms with E-state index >= 15 is 0 Å². The molecule has 1 heteroatoms. The van der Waals surface area contributed by atoms with Crippen molar-refractivity contribution in [3.63, 3.8) is 0 Å². The van der Waals surface area contributed by atoms with E-state index in [0.29, 0.717) is 5.92 Å². The third kappa shape index (κ3) is 5.64. The standard InChI is InChI=1S/C46H39N/c1-2-29-47-44-27-25-40(33-13-6-3-7-14-33)31-42(44)43-32-41(26-28-45(43)47)39-20-12-19-38(30-39)34-21-23-37(24-22-34)46(35-15-8-4-9-16-35)36-17-10-5-11-18-36/h2-21,23,25-30,32,40,46H,22,24,31H2,1H3/b29-2+. The summed E-state index contributed by atoms with van der Waals surface area (Å²) in [5.41, 5.74) is 14.8. The minimum absolute atomic E-state index is 0.283. The predicted octanol–water partition coefficient (Wildman–Crippen LogP) is 12.1. The minimum atomic E-state index is 0.283. The van der Waals surface area contributed by atoms with Gasteiger partial charge in [-0.05, 0) is 95.0 Å². The zero-order valence-electron chi connectivity index (χ0n) is 26.9. The lowest BCUT2D eigenvalue weighted by atomic mass is 9.79. The Kier molecular flexibility index (Phi) is 7.89. The summed E-state index contributed by atoms with van der Waals surface area (Å²) in [6, 6.07) is 49.0. The van der Waals surface area contributed by atoms with Crippen LogP contribution in [-0.2, 0) is 6.42 Å². The van der Waals surface area contributed by atoms with Crippen LogP contribution in [0.2, 0.25) is 0 Å². The summed E-state index contributed by atoms with van der Waals surface area (Å²) in [7, 11) is 0. The van der Waals surface area contributed by atoms with Gasteiger partial charge in [-0.25, -0.2) is 0 Å². The second-order valence-corrected chi connectivity index (χ2v) is 12.8. The van der Waals surface area contributed by atoms with Crippen LogP contribution in [0.3, 0.4) is 0 Å². The monoisotopic (exact) mass is 605 g/mol. The van der Waals surface area contributed by atoms with E-state index in [1.54, 1.807) is 0 Å². The fourth-order valence-electron chi connectivity index (χ4n) is 7.65. The van der Waals surface area contributed by atoms with Crippen LogP contribution < -0.4 is 0 Å². The average Bonchev–Trinajstić information content (AvgIpc) is 3.45. The molecule has 0 amide bonds. The molecule has 0 spiro atoms. The van der Waals surface area contributed by atoms with E-state index < -0.39 is 0 Å². The van der Waals surface area contributed by atoms with Crippen LogP contribution in [0.15, 0.2) is 163 Å².